The van der Waals surface area contributed by atoms with E-state index >= 15 is 0 Å². The Morgan fingerprint density at radius 2 is 1.84 bits per heavy atom. The van der Waals surface area contributed by atoms with Crippen LogP contribution in [0, 0.1) is 10.1 Å². The average Bonchev–Trinajstić information content (AvgIpc) is 2.37. The standard InChI is InChI=1S/C13H9Br2NO3/c14-10-3-1-2-9(6-10)8-19-13-5-4-11(15)7-12(13)16(17)18/h1-7H,8H2. The number of ether oxygens (including phenoxy) is 1. The second-order valence-electron chi connectivity index (χ2n) is 3.79. The van der Waals surface area contributed by atoms with Crippen molar-refractivity contribution < 1.29 is 9.66 Å². The van der Waals surface area contributed by atoms with Crippen LogP contribution < -0.4 is 4.74 Å². The monoisotopic (exact) mass is 385 g/mol. The third-order valence-corrected chi connectivity index (χ3v) is 3.39. The predicted octanol–water partition coefficient (Wildman–Crippen LogP) is 4.70. The molecule has 0 spiro atoms. The van der Waals surface area contributed by atoms with Crippen molar-refractivity contribution >= 4 is 37.5 Å². The molecule has 2 rings (SSSR count). The topological polar surface area (TPSA) is 52.4 Å². The molecule has 19 heavy (non-hydrogen) atoms. The van der Waals surface area contributed by atoms with Crippen molar-refractivity contribution in [1.82, 2.24) is 0 Å². The molecular formula is C13H9Br2NO3. The summed E-state index contributed by atoms with van der Waals surface area (Å²) in [5.74, 6) is 0.258. The fourth-order valence-electron chi connectivity index (χ4n) is 1.54. The van der Waals surface area contributed by atoms with Gasteiger partial charge in [0.05, 0.1) is 4.92 Å². The van der Waals surface area contributed by atoms with E-state index in [4.69, 9.17) is 4.74 Å². The van der Waals surface area contributed by atoms with E-state index < -0.39 is 4.92 Å². The molecule has 0 saturated carbocycles. The summed E-state index contributed by atoms with van der Waals surface area (Å²) < 4.78 is 7.10. The van der Waals surface area contributed by atoms with Crippen LogP contribution in [0.5, 0.6) is 5.75 Å². The van der Waals surface area contributed by atoms with Crippen molar-refractivity contribution in [3.63, 3.8) is 0 Å². The van der Waals surface area contributed by atoms with Crippen LogP contribution in [0.2, 0.25) is 0 Å². The summed E-state index contributed by atoms with van der Waals surface area (Å²) in [5.41, 5.74) is 0.885. The first-order valence-electron chi connectivity index (χ1n) is 5.37. The van der Waals surface area contributed by atoms with Crippen molar-refractivity contribution in [1.29, 1.82) is 0 Å². The van der Waals surface area contributed by atoms with Crippen molar-refractivity contribution in [2.45, 2.75) is 6.61 Å². The largest absolute Gasteiger partial charge is 0.482 e. The summed E-state index contributed by atoms with van der Waals surface area (Å²) >= 11 is 6.57. The van der Waals surface area contributed by atoms with Gasteiger partial charge in [0.1, 0.15) is 6.61 Å². The highest BCUT2D eigenvalue weighted by Gasteiger charge is 2.15. The lowest BCUT2D eigenvalue weighted by molar-refractivity contribution is -0.386. The number of halogens is 2. The van der Waals surface area contributed by atoms with Gasteiger partial charge in [0, 0.05) is 15.0 Å². The zero-order valence-corrected chi connectivity index (χ0v) is 12.8. The van der Waals surface area contributed by atoms with E-state index in [1.165, 1.54) is 6.07 Å². The summed E-state index contributed by atoms with van der Waals surface area (Å²) in [7, 11) is 0. The zero-order chi connectivity index (χ0) is 13.8. The molecule has 0 saturated heterocycles. The molecule has 0 unspecified atom stereocenters. The first-order valence-corrected chi connectivity index (χ1v) is 6.96. The minimum Gasteiger partial charge on any atom is -0.482 e. The molecule has 0 radical (unpaired) electrons. The van der Waals surface area contributed by atoms with Crippen LogP contribution in [0.3, 0.4) is 0 Å². The van der Waals surface area contributed by atoms with Gasteiger partial charge in [0.25, 0.3) is 0 Å². The minimum absolute atomic E-state index is 0.0515. The van der Waals surface area contributed by atoms with Gasteiger partial charge in [-0.1, -0.05) is 44.0 Å². The van der Waals surface area contributed by atoms with Gasteiger partial charge in [-0.25, -0.2) is 0 Å². The van der Waals surface area contributed by atoms with Crippen molar-refractivity contribution in [3.05, 3.63) is 67.1 Å². The van der Waals surface area contributed by atoms with Crippen LogP contribution in [0.4, 0.5) is 5.69 Å². The lowest BCUT2D eigenvalue weighted by Gasteiger charge is -2.07. The molecule has 4 nitrogen and oxygen atoms in total. The molecule has 0 fully saturated rings. The van der Waals surface area contributed by atoms with E-state index in [0.717, 1.165) is 10.0 Å². The van der Waals surface area contributed by atoms with Gasteiger partial charge in [0.2, 0.25) is 0 Å². The molecule has 0 bridgehead atoms. The Kier molecular flexibility index (Phi) is 4.55. The number of hydrogen-bond acceptors (Lipinski definition) is 3. The molecule has 0 aliphatic rings. The van der Waals surface area contributed by atoms with Gasteiger partial charge in [-0.15, -0.1) is 0 Å². The summed E-state index contributed by atoms with van der Waals surface area (Å²) in [5, 5.41) is 10.9. The van der Waals surface area contributed by atoms with Gasteiger partial charge in [0.15, 0.2) is 5.75 Å². The van der Waals surface area contributed by atoms with Crippen molar-refractivity contribution in [2.24, 2.45) is 0 Å². The molecule has 6 heteroatoms. The number of benzene rings is 2. The molecule has 0 heterocycles. The quantitative estimate of drug-likeness (QED) is 0.565. The highest BCUT2D eigenvalue weighted by molar-refractivity contribution is 9.10. The Morgan fingerprint density at radius 3 is 2.53 bits per heavy atom. The molecule has 0 N–H and O–H groups in total. The van der Waals surface area contributed by atoms with Gasteiger partial charge in [-0.05, 0) is 29.8 Å². The smallest absolute Gasteiger partial charge is 0.312 e. The van der Waals surface area contributed by atoms with Gasteiger partial charge < -0.3 is 4.74 Å². The lowest BCUT2D eigenvalue weighted by atomic mass is 10.2. The molecule has 0 aliphatic carbocycles. The maximum absolute atomic E-state index is 10.9. The molecule has 0 aliphatic heterocycles. The summed E-state index contributed by atoms with van der Waals surface area (Å²) in [4.78, 5) is 10.5. The number of nitrogens with zero attached hydrogens (tertiary/aromatic N) is 1. The molecule has 98 valence electrons. The number of hydrogen-bond donors (Lipinski definition) is 0. The molecule has 2 aromatic carbocycles. The Balaban J connectivity index is 2.17. The SMILES string of the molecule is O=[N+]([O-])c1cc(Br)ccc1OCc1cccc(Br)c1. The van der Waals surface area contributed by atoms with Gasteiger partial charge >= 0.3 is 5.69 Å². The summed E-state index contributed by atoms with van der Waals surface area (Å²) in [6.45, 7) is 0.280. The Hall–Kier alpha value is -1.40. The summed E-state index contributed by atoms with van der Waals surface area (Å²) in [6.07, 6.45) is 0. The molecule has 0 atom stereocenters. The fraction of sp³-hybridized carbons (Fsp3) is 0.0769. The highest BCUT2D eigenvalue weighted by atomic mass is 79.9. The first kappa shape index (κ1) is 14.0. The maximum atomic E-state index is 10.9. The number of nitro benzene ring substituents is 1. The third kappa shape index (κ3) is 3.78. The van der Waals surface area contributed by atoms with Crippen LogP contribution >= 0.6 is 31.9 Å². The highest BCUT2D eigenvalue weighted by Crippen LogP contribution is 2.30. The number of nitro groups is 1. The average molecular weight is 387 g/mol. The fourth-order valence-corrected chi connectivity index (χ4v) is 2.34. The van der Waals surface area contributed by atoms with E-state index in [0.29, 0.717) is 4.47 Å². The van der Waals surface area contributed by atoms with E-state index in [2.05, 4.69) is 31.9 Å². The minimum atomic E-state index is -0.457. The predicted molar refractivity (Wildman–Crippen MR) is 79.3 cm³/mol. The van der Waals surface area contributed by atoms with E-state index in [9.17, 15) is 10.1 Å². The second-order valence-corrected chi connectivity index (χ2v) is 5.62. The lowest BCUT2D eigenvalue weighted by Crippen LogP contribution is -1.99. The Labute approximate surface area is 126 Å². The van der Waals surface area contributed by atoms with E-state index in [1.807, 2.05) is 24.3 Å². The first-order chi connectivity index (χ1) is 9.06. The van der Waals surface area contributed by atoms with Crippen LogP contribution in [-0.4, -0.2) is 4.92 Å². The molecular weight excluding hydrogens is 378 g/mol. The van der Waals surface area contributed by atoms with Crippen LogP contribution in [0.1, 0.15) is 5.56 Å². The second kappa shape index (κ2) is 6.16. The number of rotatable bonds is 4. The maximum Gasteiger partial charge on any atom is 0.312 e. The summed E-state index contributed by atoms with van der Waals surface area (Å²) in [6, 6.07) is 12.3. The third-order valence-electron chi connectivity index (χ3n) is 2.40. The normalized spacial score (nSPS) is 10.2. The van der Waals surface area contributed by atoms with E-state index in [-0.39, 0.29) is 18.0 Å². The van der Waals surface area contributed by atoms with Crippen molar-refractivity contribution in [2.75, 3.05) is 0 Å². The van der Waals surface area contributed by atoms with Crippen LogP contribution in [0.15, 0.2) is 51.4 Å². The van der Waals surface area contributed by atoms with Gasteiger partial charge in [-0.2, -0.15) is 0 Å². The Bertz CT molecular complexity index is 617. The molecule has 2 aromatic rings. The molecule has 0 aromatic heterocycles. The Morgan fingerprint density at radius 1 is 1.11 bits per heavy atom. The van der Waals surface area contributed by atoms with Crippen LogP contribution in [0.25, 0.3) is 0 Å². The zero-order valence-electron chi connectivity index (χ0n) is 9.68. The molecule has 0 amide bonds. The van der Waals surface area contributed by atoms with Gasteiger partial charge in [-0.3, -0.25) is 10.1 Å². The van der Waals surface area contributed by atoms with Crippen LogP contribution in [-0.2, 0) is 6.61 Å². The van der Waals surface area contributed by atoms with E-state index in [1.54, 1.807) is 12.1 Å². The van der Waals surface area contributed by atoms with Crippen molar-refractivity contribution in [3.8, 4) is 5.75 Å².